The third kappa shape index (κ3) is 5.11. The molecule has 0 unspecified atom stereocenters. The highest BCUT2D eigenvalue weighted by molar-refractivity contribution is 14.2. The Bertz CT molecular complexity index is 385. The maximum absolute atomic E-state index is 10.5. The minimum atomic E-state index is -0.789. The third-order valence-electron chi connectivity index (χ3n) is 0.798. The van der Waals surface area contributed by atoms with Gasteiger partial charge >= 0.3 is 17.1 Å². The fraction of sp³-hybridized carbons (Fsp3) is 0. The largest absolute Gasteiger partial charge is 0.342 e. The Morgan fingerprint density at radius 1 is 1.08 bits per heavy atom. The molecule has 7 nitrogen and oxygen atoms in total. The zero-order valence-electron chi connectivity index (χ0n) is 5.81. The van der Waals surface area contributed by atoms with Crippen molar-refractivity contribution >= 4 is 68.6 Å². The monoisotopic (exact) mass is 524 g/mol. The van der Waals surface area contributed by atoms with Gasteiger partial charge in [0.1, 0.15) is 0 Å². The van der Waals surface area contributed by atoms with E-state index in [-0.39, 0.29) is 0 Å². The molecule has 0 spiro atoms. The minimum Gasteiger partial charge on any atom is -0.258 e. The summed E-state index contributed by atoms with van der Waals surface area (Å²) in [7, 11) is 0. The van der Waals surface area contributed by atoms with E-state index < -0.39 is 17.1 Å². The van der Waals surface area contributed by atoms with Crippen LogP contribution in [0, 0.1) is 0 Å². The number of hydrogen-bond acceptors (Lipinski definition) is 4. The predicted molar refractivity (Wildman–Crippen MR) is 72.5 cm³/mol. The Balaban J connectivity index is 0.000000424. The first-order valence-electron chi connectivity index (χ1n) is 2.61. The van der Waals surface area contributed by atoms with Gasteiger partial charge in [0.15, 0.2) is 0 Å². The van der Waals surface area contributed by atoms with E-state index in [1.54, 1.807) is 0 Å². The first kappa shape index (κ1) is 13.6. The molecule has 0 radical (unpaired) electrons. The first-order valence-corrected chi connectivity index (χ1v) is 5.73. The van der Waals surface area contributed by atoms with E-state index in [9.17, 15) is 14.4 Å². The summed E-state index contributed by atoms with van der Waals surface area (Å²) in [5.41, 5.74) is -2.24. The van der Waals surface area contributed by atoms with E-state index in [0.29, 0.717) is 0 Å². The Hall–Kier alpha value is 0.560. The summed E-state index contributed by atoms with van der Waals surface area (Å²) in [6, 6.07) is 0. The Morgan fingerprint density at radius 3 is 1.69 bits per heavy atom. The Labute approximate surface area is 113 Å². The molecule has 1 aromatic rings. The van der Waals surface area contributed by atoms with E-state index in [4.69, 9.17) is 0 Å². The summed E-state index contributed by atoms with van der Waals surface area (Å²) in [5, 5.41) is 0. The quantitative estimate of drug-likeness (QED) is 0.321. The van der Waals surface area contributed by atoms with Gasteiger partial charge in [-0.05, 0) is 0 Å². The number of H-pyrrole nitrogens is 2. The van der Waals surface area contributed by atoms with Crippen molar-refractivity contribution < 1.29 is 0 Å². The second-order valence-electron chi connectivity index (χ2n) is 1.54. The van der Waals surface area contributed by atoms with Gasteiger partial charge in [-0.3, -0.25) is 9.97 Å². The van der Waals surface area contributed by atoms with Gasteiger partial charge in [0.25, 0.3) is 0 Å². The van der Waals surface area contributed by atoms with E-state index >= 15 is 0 Å². The summed E-state index contributed by atoms with van der Waals surface area (Å²) >= 11 is 5.53. The number of nitrogens with one attached hydrogen (secondary N) is 3. The summed E-state index contributed by atoms with van der Waals surface area (Å²) in [5.74, 6) is 0. The van der Waals surface area contributed by atoms with Crippen LogP contribution in [0.2, 0.25) is 0 Å². The van der Waals surface area contributed by atoms with Crippen molar-refractivity contribution in [1.29, 1.82) is 0 Å². The molecule has 74 valence electrons. The zero-order valence-corrected chi connectivity index (χ0v) is 12.3. The predicted octanol–water partition coefficient (Wildman–Crippen LogP) is -0.301. The molecule has 1 rings (SSSR count). The molecule has 0 atom stereocenters. The van der Waals surface area contributed by atoms with Crippen LogP contribution in [0.5, 0.6) is 0 Å². The lowest BCUT2D eigenvalue weighted by Gasteiger charge is -1.86. The lowest BCUT2D eigenvalue weighted by atomic mass is 11.0. The van der Waals surface area contributed by atoms with Crippen molar-refractivity contribution in [1.82, 2.24) is 14.5 Å². The molecule has 0 aliphatic carbocycles. The molecule has 0 aromatic carbocycles. The fourth-order valence-electron chi connectivity index (χ4n) is 0.416. The summed E-state index contributed by atoms with van der Waals surface area (Å²) in [4.78, 5) is 35.2. The Morgan fingerprint density at radius 2 is 1.38 bits per heavy atom. The molecule has 0 saturated heterocycles. The molecule has 0 amide bonds. The highest BCUT2D eigenvalue weighted by Crippen LogP contribution is 1.71. The summed E-state index contributed by atoms with van der Waals surface area (Å²) < 4.78 is 3.43. The van der Waals surface area contributed by atoms with Crippen LogP contribution in [0.3, 0.4) is 0 Å². The van der Waals surface area contributed by atoms with Crippen molar-refractivity contribution in [3.63, 3.8) is 0 Å². The topological polar surface area (TPSA) is 99.8 Å². The van der Waals surface area contributed by atoms with Crippen molar-refractivity contribution in [3.8, 4) is 0 Å². The summed E-state index contributed by atoms with van der Waals surface area (Å²) in [6.07, 6.45) is 0. The molecule has 0 fully saturated rings. The van der Waals surface area contributed by atoms with Gasteiger partial charge in [-0.2, -0.15) is 2.78 Å². The van der Waals surface area contributed by atoms with Gasteiger partial charge in [-0.25, -0.2) is 16.1 Å². The van der Waals surface area contributed by atoms with Crippen LogP contribution < -0.4 is 18.8 Å². The van der Waals surface area contributed by atoms with E-state index in [1.807, 2.05) is 55.7 Å². The maximum Gasteiger partial charge on any atom is 0.342 e. The number of aromatic nitrogens is 3. The molecule has 0 bridgehead atoms. The molecule has 13 heavy (non-hydrogen) atoms. The SMILES string of the molecule is INI.O=c1[nH]c(=O)n(I)c(=O)[nH]1. The molecule has 1 heterocycles. The van der Waals surface area contributed by atoms with Crippen LogP contribution in [0.4, 0.5) is 0 Å². The average molecular weight is 524 g/mol. The second kappa shape index (κ2) is 6.93. The Kier molecular flexibility index (Phi) is 7.23. The maximum atomic E-state index is 10.5. The van der Waals surface area contributed by atoms with Gasteiger partial charge in [-0.15, -0.1) is 0 Å². The molecule has 10 heteroatoms. The molecular formula is C3H3I3N4O3. The molecule has 0 aliphatic heterocycles. The number of rotatable bonds is 0. The van der Waals surface area contributed by atoms with E-state index in [1.165, 1.54) is 22.9 Å². The third-order valence-corrected chi connectivity index (χ3v) is 1.67. The van der Waals surface area contributed by atoms with Crippen molar-refractivity contribution in [2.24, 2.45) is 0 Å². The van der Waals surface area contributed by atoms with Crippen LogP contribution in [0.1, 0.15) is 0 Å². The van der Waals surface area contributed by atoms with Crippen LogP contribution >= 0.6 is 68.6 Å². The number of halogens is 3. The molecule has 0 saturated carbocycles. The van der Waals surface area contributed by atoms with Crippen LogP contribution in [-0.2, 0) is 0 Å². The zero-order chi connectivity index (χ0) is 10.4. The first-order chi connectivity index (χ1) is 6.02. The van der Waals surface area contributed by atoms with E-state index in [2.05, 4.69) is 1.74 Å². The standard InChI is InChI=1S/C3H2IN3O3.HI2N/c4-7-2(9)5-1(8)6-3(7)10;1-3-2/h(H2,5,6,8,9,10);3H. The van der Waals surface area contributed by atoms with Gasteiger partial charge in [0, 0.05) is 45.7 Å². The molecule has 3 N–H and O–H groups in total. The lowest BCUT2D eigenvalue weighted by molar-refractivity contribution is 0.872. The van der Waals surface area contributed by atoms with Crippen molar-refractivity contribution in [2.45, 2.75) is 0 Å². The van der Waals surface area contributed by atoms with Gasteiger partial charge < -0.3 is 0 Å². The van der Waals surface area contributed by atoms with Gasteiger partial charge in [0.05, 0.1) is 22.9 Å². The van der Waals surface area contributed by atoms with E-state index in [0.717, 1.165) is 2.78 Å². The minimum absolute atomic E-state index is 0.727. The fourth-order valence-corrected chi connectivity index (χ4v) is 0.657. The lowest BCUT2D eigenvalue weighted by Crippen LogP contribution is -2.38. The van der Waals surface area contributed by atoms with Crippen LogP contribution in [0.25, 0.3) is 0 Å². The number of aromatic amines is 2. The average Bonchev–Trinajstić information content (AvgIpc) is 2.01. The van der Waals surface area contributed by atoms with Gasteiger partial charge in [-0.1, -0.05) is 0 Å². The number of nitrogens with zero attached hydrogens (tertiary/aromatic N) is 1. The molecular weight excluding hydrogens is 521 g/mol. The highest BCUT2D eigenvalue weighted by Gasteiger charge is 1.95. The summed E-state index contributed by atoms with van der Waals surface area (Å²) in [6.45, 7) is 0. The smallest absolute Gasteiger partial charge is 0.258 e. The van der Waals surface area contributed by atoms with Crippen molar-refractivity contribution in [3.05, 3.63) is 31.5 Å². The van der Waals surface area contributed by atoms with Crippen LogP contribution in [0.15, 0.2) is 14.4 Å². The van der Waals surface area contributed by atoms with Crippen LogP contribution in [-0.4, -0.2) is 12.7 Å². The number of hydrogen-bond donors (Lipinski definition) is 3. The van der Waals surface area contributed by atoms with Gasteiger partial charge in [0.2, 0.25) is 0 Å². The highest BCUT2D eigenvalue weighted by atomic mass is 127. The molecule has 1 aromatic heterocycles. The normalized spacial score (nSPS) is 8.85. The second-order valence-corrected chi connectivity index (χ2v) is 5.65. The molecule has 0 aliphatic rings. The van der Waals surface area contributed by atoms with Crippen molar-refractivity contribution in [2.75, 3.05) is 0 Å².